The van der Waals surface area contributed by atoms with Gasteiger partial charge in [-0.15, -0.1) is 0 Å². The molecule has 0 unspecified atom stereocenters. The molecular weight excluding hydrogens is 271 g/mol. The lowest BCUT2D eigenvalue weighted by molar-refractivity contribution is -0.144. The summed E-state index contributed by atoms with van der Waals surface area (Å²) < 4.78 is 43.5. The SMILES string of the molecule is COc1ccc2c(NC(C)C)nc(C(F)(F)F)nc2c1. The second-order valence-corrected chi connectivity index (χ2v) is 4.58. The van der Waals surface area contributed by atoms with Gasteiger partial charge >= 0.3 is 6.18 Å². The number of nitrogens with one attached hydrogen (secondary N) is 1. The molecule has 0 fully saturated rings. The maximum absolute atomic E-state index is 12.8. The lowest BCUT2D eigenvalue weighted by Gasteiger charge is -2.14. The third kappa shape index (κ3) is 2.92. The Balaban J connectivity index is 2.67. The first-order chi connectivity index (χ1) is 9.31. The molecule has 0 radical (unpaired) electrons. The summed E-state index contributed by atoms with van der Waals surface area (Å²) in [5, 5.41) is 3.43. The molecule has 1 aromatic heterocycles. The van der Waals surface area contributed by atoms with Crippen LogP contribution in [0.1, 0.15) is 19.7 Å². The first-order valence-electron chi connectivity index (χ1n) is 6.01. The highest BCUT2D eigenvalue weighted by Crippen LogP contribution is 2.31. The van der Waals surface area contributed by atoms with Crippen LogP contribution in [0.5, 0.6) is 5.75 Å². The van der Waals surface area contributed by atoms with Gasteiger partial charge in [0.2, 0.25) is 5.82 Å². The topological polar surface area (TPSA) is 47.0 Å². The molecule has 0 aliphatic heterocycles. The van der Waals surface area contributed by atoms with Gasteiger partial charge < -0.3 is 10.1 Å². The Bertz CT molecular complexity index is 626. The van der Waals surface area contributed by atoms with E-state index < -0.39 is 12.0 Å². The van der Waals surface area contributed by atoms with E-state index in [0.29, 0.717) is 11.1 Å². The van der Waals surface area contributed by atoms with Crippen molar-refractivity contribution in [1.82, 2.24) is 9.97 Å². The van der Waals surface area contributed by atoms with Crippen molar-refractivity contribution in [1.29, 1.82) is 0 Å². The Hall–Kier alpha value is -2.05. The second kappa shape index (κ2) is 5.15. The molecule has 2 aromatic rings. The third-order valence-electron chi connectivity index (χ3n) is 2.58. The molecule has 108 valence electrons. The minimum absolute atomic E-state index is 0.0451. The number of ether oxygens (including phenoxy) is 1. The number of benzene rings is 1. The number of hydrogen-bond acceptors (Lipinski definition) is 4. The van der Waals surface area contributed by atoms with E-state index in [2.05, 4.69) is 15.3 Å². The van der Waals surface area contributed by atoms with Gasteiger partial charge in [0.25, 0.3) is 0 Å². The van der Waals surface area contributed by atoms with Crippen LogP contribution in [0.4, 0.5) is 19.0 Å². The van der Waals surface area contributed by atoms with E-state index in [1.165, 1.54) is 13.2 Å². The van der Waals surface area contributed by atoms with Gasteiger partial charge in [0, 0.05) is 17.5 Å². The van der Waals surface area contributed by atoms with Gasteiger partial charge in [0.15, 0.2) is 0 Å². The molecule has 0 atom stereocenters. The van der Waals surface area contributed by atoms with Crippen molar-refractivity contribution in [2.45, 2.75) is 26.1 Å². The fourth-order valence-electron chi connectivity index (χ4n) is 1.75. The van der Waals surface area contributed by atoms with Crippen molar-refractivity contribution in [3.05, 3.63) is 24.0 Å². The van der Waals surface area contributed by atoms with E-state index in [1.54, 1.807) is 12.1 Å². The standard InChI is InChI=1S/C13H14F3N3O/c1-7(2)17-11-9-5-4-8(20-3)6-10(9)18-12(19-11)13(14,15)16/h4-7H,1-3H3,(H,17,18,19). The lowest BCUT2D eigenvalue weighted by Crippen LogP contribution is -2.16. The Kier molecular flexibility index (Phi) is 3.69. The average Bonchev–Trinajstić information content (AvgIpc) is 2.36. The molecule has 7 heteroatoms. The highest BCUT2D eigenvalue weighted by molar-refractivity contribution is 5.90. The summed E-state index contributed by atoms with van der Waals surface area (Å²) in [6.07, 6.45) is -4.59. The zero-order valence-electron chi connectivity index (χ0n) is 11.2. The van der Waals surface area contributed by atoms with Crippen molar-refractivity contribution in [2.24, 2.45) is 0 Å². The van der Waals surface area contributed by atoms with Crippen LogP contribution in [-0.4, -0.2) is 23.1 Å². The molecule has 0 saturated heterocycles. The number of hydrogen-bond donors (Lipinski definition) is 1. The Morgan fingerprint density at radius 2 is 1.90 bits per heavy atom. The van der Waals surface area contributed by atoms with Gasteiger partial charge in [-0.3, -0.25) is 0 Å². The summed E-state index contributed by atoms with van der Waals surface area (Å²) >= 11 is 0. The Morgan fingerprint density at radius 3 is 2.45 bits per heavy atom. The number of alkyl halides is 3. The molecule has 2 rings (SSSR count). The van der Waals surface area contributed by atoms with E-state index in [9.17, 15) is 13.2 Å². The molecular formula is C13H14F3N3O. The summed E-state index contributed by atoms with van der Waals surface area (Å²) in [7, 11) is 1.44. The van der Waals surface area contributed by atoms with Crippen molar-refractivity contribution < 1.29 is 17.9 Å². The van der Waals surface area contributed by atoms with Gasteiger partial charge in [-0.2, -0.15) is 13.2 Å². The number of methoxy groups -OCH3 is 1. The van der Waals surface area contributed by atoms with Crippen LogP contribution < -0.4 is 10.1 Å². The summed E-state index contributed by atoms with van der Waals surface area (Å²) in [6, 6.07) is 4.71. The summed E-state index contributed by atoms with van der Waals surface area (Å²) in [5.41, 5.74) is 0.190. The van der Waals surface area contributed by atoms with Crippen LogP contribution in [0.2, 0.25) is 0 Å². The van der Waals surface area contributed by atoms with Gasteiger partial charge in [-0.1, -0.05) is 0 Å². The van der Waals surface area contributed by atoms with Crippen LogP contribution in [0.3, 0.4) is 0 Å². The Morgan fingerprint density at radius 1 is 1.20 bits per heavy atom. The second-order valence-electron chi connectivity index (χ2n) is 4.58. The van der Waals surface area contributed by atoms with Crippen LogP contribution in [0, 0.1) is 0 Å². The molecule has 1 aromatic carbocycles. The maximum Gasteiger partial charge on any atom is 0.451 e. The average molecular weight is 285 g/mol. The van der Waals surface area contributed by atoms with Crippen molar-refractivity contribution in [3.63, 3.8) is 0 Å². The van der Waals surface area contributed by atoms with Crippen LogP contribution in [-0.2, 0) is 6.18 Å². The zero-order valence-corrected chi connectivity index (χ0v) is 11.2. The van der Waals surface area contributed by atoms with E-state index in [-0.39, 0.29) is 17.4 Å². The number of anilines is 1. The third-order valence-corrected chi connectivity index (χ3v) is 2.58. The molecule has 1 heterocycles. The normalized spacial score (nSPS) is 11.9. The largest absolute Gasteiger partial charge is 0.497 e. The fraction of sp³-hybridized carbons (Fsp3) is 0.385. The molecule has 0 amide bonds. The number of rotatable bonds is 3. The van der Waals surface area contributed by atoms with E-state index in [4.69, 9.17) is 4.74 Å². The summed E-state index contributed by atoms with van der Waals surface area (Å²) in [5.74, 6) is -0.554. The van der Waals surface area contributed by atoms with E-state index in [0.717, 1.165) is 0 Å². The minimum atomic E-state index is -4.59. The quantitative estimate of drug-likeness (QED) is 0.938. The molecule has 0 aliphatic carbocycles. The van der Waals surface area contributed by atoms with Crippen molar-refractivity contribution in [3.8, 4) is 5.75 Å². The first-order valence-corrected chi connectivity index (χ1v) is 6.01. The van der Waals surface area contributed by atoms with Crippen LogP contribution in [0.25, 0.3) is 10.9 Å². The molecule has 0 bridgehead atoms. The molecule has 1 N–H and O–H groups in total. The number of halogens is 3. The monoisotopic (exact) mass is 285 g/mol. The molecule has 4 nitrogen and oxygen atoms in total. The predicted molar refractivity (Wildman–Crippen MR) is 69.9 cm³/mol. The zero-order chi connectivity index (χ0) is 14.9. The summed E-state index contributed by atoms with van der Waals surface area (Å²) in [6.45, 7) is 3.65. The van der Waals surface area contributed by atoms with Gasteiger partial charge in [-0.25, -0.2) is 9.97 Å². The lowest BCUT2D eigenvalue weighted by atomic mass is 10.2. The predicted octanol–water partition coefficient (Wildman–Crippen LogP) is 3.48. The first kappa shape index (κ1) is 14.4. The minimum Gasteiger partial charge on any atom is -0.497 e. The smallest absolute Gasteiger partial charge is 0.451 e. The molecule has 0 aliphatic rings. The van der Waals surface area contributed by atoms with Gasteiger partial charge in [-0.05, 0) is 26.0 Å². The molecule has 20 heavy (non-hydrogen) atoms. The van der Waals surface area contributed by atoms with E-state index in [1.807, 2.05) is 13.8 Å². The number of nitrogens with zero attached hydrogens (tertiary/aromatic N) is 2. The van der Waals surface area contributed by atoms with Crippen molar-refractivity contribution in [2.75, 3.05) is 12.4 Å². The van der Waals surface area contributed by atoms with Crippen LogP contribution >= 0.6 is 0 Å². The van der Waals surface area contributed by atoms with Gasteiger partial charge in [0.05, 0.1) is 12.6 Å². The maximum atomic E-state index is 12.8. The highest BCUT2D eigenvalue weighted by atomic mass is 19.4. The van der Waals surface area contributed by atoms with Crippen LogP contribution in [0.15, 0.2) is 18.2 Å². The molecule has 0 spiro atoms. The summed E-state index contributed by atoms with van der Waals surface area (Å²) in [4.78, 5) is 7.15. The van der Waals surface area contributed by atoms with E-state index >= 15 is 0 Å². The highest BCUT2D eigenvalue weighted by Gasteiger charge is 2.35. The van der Waals surface area contributed by atoms with Crippen molar-refractivity contribution >= 4 is 16.7 Å². The number of aromatic nitrogens is 2. The molecule has 0 saturated carbocycles. The van der Waals surface area contributed by atoms with Gasteiger partial charge in [0.1, 0.15) is 11.6 Å². The number of fused-ring (bicyclic) bond motifs is 1. The fourth-order valence-corrected chi connectivity index (χ4v) is 1.75. The Labute approximate surface area is 114 Å².